The number of para-hydroxylation sites is 2. The lowest BCUT2D eigenvalue weighted by molar-refractivity contribution is 0.360. The lowest BCUT2D eigenvalue weighted by Crippen LogP contribution is -1.99. The van der Waals surface area contributed by atoms with Crippen molar-refractivity contribution < 1.29 is 9.47 Å². The first-order chi connectivity index (χ1) is 13.3. The monoisotopic (exact) mass is 351 g/mol. The Kier molecular flexibility index (Phi) is 3.76. The lowest BCUT2D eigenvalue weighted by Gasteiger charge is -2.21. The highest BCUT2D eigenvalue weighted by Gasteiger charge is 2.18. The Morgan fingerprint density at radius 2 is 1.00 bits per heavy atom. The van der Waals surface area contributed by atoms with Gasteiger partial charge in [0.15, 0.2) is 23.0 Å². The summed E-state index contributed by atoms with van der Waals surface area (Å²) < 4.78 is 11.9. The van der Waals surface area contributed by atoms with E-state index in [1.54, 1.807) is 0 Å². The van der Waals surface area contributed by atoms with Crippen molar-refractivity contribution in [1.82, 2.24) is 0 Å². The molecule has 5 rings (SSSR count). The molecule has 0 fully saturated rings. The third-order valence-corrected chi connectivity index (χ3v) is 4.51. The Hall–Kier alpha value is -3.72. The van der Waals surface area contributed by atoms with E-state index in [9.17, 15) is 0 Å². The average Bonchev–Trinajstić information content (AvgIpc) is 2.73. The molecular formula is C24H17NO2. The van der Waals surface area contributed by atoms with Crippen molar-refractivity contribution in [3.8, 4) is 34.1 Å². The lowest BCUT2D eigenvalue weighted by atomic mass is 10.1. The van der Waals surface area contributed by atoms with Crippen LogP contribution < -0.4 is 14.8 Å². The second-order valence-electron chi connectivity index (χ2n) is 6.38. The van der Waals surface area contributed by atoms with Crippen LogP contribution in [0.15, 0.2) is 97.1 Å². The summed E-state index contributed by atoms with van der Waals surface area (Å²) in [7, 11) is 0. The number of ether oxygens (including phenoxy) is 2. The van der Waals surface area contributed by atoms with Gasteiger partial charge in [-0.1, -0.05) is 54.6 Å². The van der Waals surface area contributed by atoms with Crippen LogP contribution >= 0.6 is 0 Å². The molecule has 0 bridgehead atoms. The molecule has 0 aromatic heterocycles. The van der Waals surface area contributed by atoms with Gasteiger partial charge in [0.2, 0.25) is 0 Å². The van der Waals surface area contributed by atoms with E-state index in [-0.39, 0.29) is 0 Å². The number of nitrogens with one attached hydrogen (secondary N) is 1. The summed E-state index contributed by atoms with van der Waals surface area (Å²) in [5.74, 6) is 2.90. The number of hydrogen-bond acceptors (Lipinski definition) is 3. The summed E-state index contributed by atoms with van der Waals surface area (Å²) in [6.45, 7) is 0. The van der Waals surface area contributed by atoms with Gasteiger partial charge in [0.05, 0.1) is 0 Å². The van der Waals surface area contributed by atoms with Crippen LogP contribution in [0.25, 0.3) is 11.1 Å². The van der Waals surface area contributed by atoms with E-state index in [1.165, 1.54) is 11.1 Å². The highest BCUT2D eigenvalue weighted by molar-refractivity contribution is 5.70. The second-order valence-corrected chi connectivity index (χ2v) is 6.38. The highest BCUT2D eigenvalue weighted by atomic mass is 16.6. The molecule has 1 N–H and O–H groups in total. The smallest absolute Gasteiger partial charge is 0.172 e. The Morgan fingerprint density at radius 3 is 1.74 bits per heavy atom. The third kappa shape index (κ3) is 3.11. The van der Waals surface area contributed by atoms with E-state index in [0.717, 1.165) is 28.6 Å². The largest absolute Gasteiger partial charge is 0.450 e. The van der Waals surface area contributed by atoms with Gasteiger partial charge in [0.25, 0.3) is 0 Å². The summed E-state index contributed by atoms with van der Waals surface area (Å²) >= 11 is 0. The van der Waals surface area contributed by atoms with Crippen molar-refractivity contribution >= 4 is 11.4 Å². The molecule has 4 aromatic rings. The van der Waals surface area contributed by atoms with Gasteiger partial charge in [-0.15, -0.1) is 0 Å². The predicted octanol–water partition coefficient (Wildman–Crippen LogP) is 7.00. The first kappa shape index (κ1) is 15.5. The first-order valence-electron chi connectivity index (χ1n) is 8.86. The van der Waals surface area contributed by atoms with Gasteiger partial charge < -0.3 is 14.8 Å². The Bertz CT molecular complexity index is 1090. The number of fused-ring (bicyclic) bond motifs is 2. The minimum absolute atomic E-state index is 0.708. The molecule has 3 nitrogen and oxygen atoms in total. The molecule has 130 valence electrons. The van der Waals surface area contributed by atoms with Crippen LogP contribution in [0.5, 0.6) is 23.0 Å². The van der Waals surface area contributed by atoms with Gasteiger partial charge in [0, 0.05) is 17.4 Å². The Balaban J connectivity index is 1.36. The summed E-state index contributed by atoms with van der Waals surface area (Å²) in [5, 5.41) is 3.42. The second kappa shape index (κ2) is 6.54. The van der Waals surface area contributed by atoms with Gasteiger partial charge in [-0.05, 0) is 47.5 Å². The minimum atomic E-state index is 0.708. The normalized spacial score (nSPS) is 11.6. The zero-order valence-electron chi connectivity index (χ0n) is 14.6. The molecule has 1 aliphatic heterocycles. The SMILES string of the molecule is c1ccc(-c2ccc(Nc3ccc4c(c3)Oc3ccccc3O4)cc2)cc1. The quantitative estimate of drug-likeness (QED) is 0.380. The van der Waals surface area contributed by atoms with Crippen molar-refractivity contribution in [2.75, 3.05) is 5.32 Å². The van der Waals surface area contributed by atoms with Crippen LogP contribution in [-0.2, 0) is 0 Å². The molecular weight excluding hydrogens is 334 g/mol. The van der Waals surface area contributed by atoms with Gasteiger partial charge in [-0.2, -0.15) is 0 Å². The van der Waals surface area contributed by atoms with Crippen LogP contribution in [-0.4, -0.2) is 0 Å². The van der Waals surface area contributed by atoms with E-state index in [2.05, 4.69) is 53.8 Å². The molecule has 3 heteroatoms. The standard InChI is InChI=1S/C24H17NO2/c1-2-6-17(7-3-1)18-10-12-19(13-11-18)25-20-14-15-23-24(16-20)27-22-9-5-4-8-21(22)26-23/h1-16,25H. The molecule has 27 heavy (non-hydrogen) atoms. The van der Waals surface area contributed by atoms with Gasteiger partial charge in [0.1, 0.15) is 0 Å². The number of rotatable bonds is 3. The highest BCUT2D eigenvalue weighted by Crippen LogP contribution is 2.46. The topological polar surface area (TPSA) is 30.5 Å². The molecule has 0 saturated heterocycles. The average molecular weight is 351 g/mol. The fourth-order valence-corrected chi connectivity index (χ4v) is 3.15. The molecule has 0 atom stereocenters. The van der Waals surface area contributed by atoms with Crippen molar-refractivity contribution in [3.05, 3.63) is 97.1 Å². The van der Waals surface area contributed by atoms with E-state index >= 15 is 0 Å². The predicted molar refractivity (Wildman–Crippen MR) is 108 cm³/mol. The van der Waals surface area contributed by atoms with E-state index < -0.39 is 0 Å². The van der Waals surface area contributed by atoms with Crippen molar-refractivity contribution in [1.29, 1.82) is 0 Å². The Labute approximate surface area is 157 Å². The summed E-state index contributed by atoms with van der Waals surface area (Å²) in [6, 6.07) is 32.3. The molecule has 4 aromatic carbocycles. The minimum Gasteiger partial charge on any atom is -0.450 e. The van der Waals surface area contributed by atoms with Crippen LogP contribution in [0.4, 0.5) is 11.4 Å². The molecule has 0 aliphatic carbocycles. The Morgan fingerprint density at radius 1 is 0.444 bits per heavy atom. The molecule has 0 spiro atoms. The van der Waals surface area contributed by atoms with Crippen molar-refractivity contribution in [2.45, 2.75) is 0 Å². The van der Waals surface area contributed by atoms with Crippen LogP contribution in [0.1, 0.15) is 0 Å². The fraction of sp³-hybridized carbons (Fsp3) is 0. The molecule has 0 radical (unpaired) electrons. The third-order valence-electron chi connectivity index (χ3n) is 4.51. The van der Waals surface area contributed by atoms with Gasteiger partial charge in [-0.3, -0.25) is 0 Å². The number of anilines is 2. The maximum atomic E-state index is 5.97. The molecule has 0 unspecified atom stereocenters. The number of benzene rings is 4. The maximum absolute atomic E-state index is 5.97. The molecule has 1 heterocycles. The van der Waals surface area contributed by atoms with E-state index in [1.807, 2.05) is 48.5 Å². The van der Waals surface area contributed by atoms with Crippen LogP contribution in [0.3, 0.4) is 0 Å². The zero-order valence-corrected chi connectivity index (χ0v) is 14.6. The zero-order chi connectivity index (χ0) is 18.1. The van der Waals surface area contributed by atoms with Crippen LogP contribution in [0, 0.1) is 0 Å². The number of hydrogen-bond donors (Lipinski definition) is 1. The first-order valence-corrected chi connectivity index (χ1v) is 8.86. The summed E-state index contributed by atoms with van der Waals surface area (Å²) in [5.41, 5.74) is 4.37. The molecule has 0 saturated carbocycles. The van der Waals surface area contributed by atoms with Crippen molar-refractivity contribution in [2.24, 2.45) is 0 Å². The van der Waals surface area contributed by atoms with Gasteiger partial charge >= 0.3 is 0 Å². The summed E-state index contributed by atoms with van der Waals surface area (Å²) in [4.78, 5) is 0. The van der Waals surface area contributed by atoms with E-state index in [0.29, 0.717) is 5.75 Å². The van der Waals surface area contributed by atoms with E-state index in [4.69, 9.17) is 9.47 Å². The van der Waals surface area contributed by atoms with Crippen molar-refractivity contribution in [3.63, 3.8) is 0 Å². The van der Waals surface area contributed by atoms with Gasteiger partial charge in [-0.25, -0.2) is 0 Å². The molecule has 0 amide bonds. The fourth-order valence-electron chi connectivity index (χ4n) is 3.15. The maximum Gasteiger partial charge on any atom is 0.172 e. The molecule has 1 aliphatic rings. The summed E-state index contributed by atoms with van der Waals surface area (Å²) in [6.07, 6.45) is 0. The van der Waals surface area contributed by atoms with Crippen LogP contribution in [0.2, 0.25) is 0 Å².